The molecule has 1 aromatic heterocycles. The number of ether oxygens (including phenoxy) is 1. The van der Waals surface area contributed by atoms with Crippen molar-refractivity contribution in [2.24, 2.45) is 0 Å². The number of carbonyl (C=O) groups is 1. The normalized spacial score (nSPS) is 11.2. The number of benzene rings is 2. The standard InChI is InChI=1S/C17H13F3N4O2/c1-11-15(22-23-24(11)12-7-3-2-4-8-12)16(25)21-13-9-5-6-10-14(13)26-17(18,19)20/h2-10H,1H3,(H,21,25). The highest BCUT2D eigenvalue weighted by atomic mass is 19.4. The van der Waals surface area contributed by atoms with E-state index in [1.165, 1.54) is 22.9 Å². The van der Waals surface area contributed by atoms with Gasteiger partial charge in [-0.05, 0) is 31.2 Å². The molecule has 1 heterocycles. The van der Waals surface area contributed by atoms with E-state index in [1.54, 1.807) is 31.2 Å². The molecule has 26 heavy (non-hydrogen) atoms. The van der Waals surface area contributed by atoms with Crippen LogP contribution in [0.3, 0.4) is 0 Å². The Hall–Kier alpha value is -3.36. The molecule has 3 aromatic rings. The molecule has 0 radical (unpaired) electrons. The number of hydrogen-bond acceptors (Lipinski definition) is 4. The van der Waals surface area contributed by atoms with Gasteiger partial charge in [0.1, 0.15) is 0 Å². The Morgan fingerprint density at radius 1 is 1.08 bits per heavy atom. The number of halogens is 3. The molecule has 134 valence electrons. The van der Waals surface area contributed by atoms with E-state index in [0.29, 0.717) is 11.4 Å². The van der Waals surface area contributed by atoms with Crippen molar-refractivity contribution in [2.75, 3.05) is 5.32 Å². The Kier molecular flexibility index (Phi) is 4.61. The molecule has 1 amide bonds. The lowest BCUT2D eigenvalue weighted by atomic mass is 10.2. The molecule has 0 aliphatic rings. The molecule has 0 fully saturated rings. The van der Waals surface area contributed by atoms with Crippen molar-refractivity contribution in [3.8, 4) is 11.4 Å². The molecular formula is C17H13F3N4O2. The van der Waals surface area contributed by atoms with E-state index in [4.69, 9.17) is 0 Å². The van der Waals surface area contributed by atoms with Crippen LogP contribution in [0.2, 0.25) is 0 Å². The summed E-state index contributed by atoms with van der Waals surface area (Å²) in [5, 5.41) is 10.1. The maximum absolute atomic E-state index is 12.5. The lowest BCUT2D eigenvalue weighted by Crippen LogP contribution is -2.20. The Balaban J connectivity index is 1.85. The summed E-state index contributed by atoms with van der Waals surface area (Å²) in [5.41, 5.74) is 1.03. The van der Waals surface area contributed by atoms with Crippen LogP contribution in [0.15, 0.2) is 54.6 Å². The Labute approximate surface area is 146 Å². The quantitative estimate of drug-likeness (QED) is 0.768. The van der Waals surface area contributed by atoms with Gasteiger partial charge < -0.3 is 10.1 Å². The lowest BCUT2D eigenvalue weighted by Gasteiger charge is -2.13. The summed E-state index contributed by atoms with van der Waals surface area (Å²) in [6.07, 6.45) is -4.87. The summed E-state index contributed by atoms with van der Waals surface area (Å²) in [4.78, 5) is 12.4. The molecule has 0 bridgehead atoms. The van der Waals surface area contributed by atoms with Gasteiger partial charge in [0.05, 0.1) is 17.1 Å². The average Bonchev–Trinajstić information content (AvgIpc) is 2.98. The van der Waals surface area contributed by atoms with Crippen LogP contribution in [-0.2, 0) is 0 Å². The summed E-state index contributed by atoms with van der Waals surface area (Å²) in [5.74, 6) is -1.20. The van der Waals surface area contributed by atoms with Crippen LogP contribution >= 0.6 is 0 Å². The predicted octanol–water partition coefficient (Wildman–Crippen LogP) is 3.73. The molecule has 0 aliphatic carbocycles. The fraction of sp³-hybridized carbons (Fsp3) is 0.118. The number of anilines is 1. The number of aromatic nitrogens is 3. The zero-order valence-electron chi connectivity index (χ0n) is 13.5. The van der Waals surface area contributed by atoms with Crippen LogP contribution in [0.1, 0.15) is 16.2 Å². The Morgan fingerprint density at radius 2 is 1.73 bits per heavy atom. The van der Waals surface area contributed by atoms with Gasteiger partial charge in [-0.2, -0.15) is 0 Å². The maximum Gasteiger partial charge on any atom is 0.573 e. The summed E-state index contributed by atoms with van der Waals surface area (Å²) < 4.78 is 42.8. The minimum Gasteiger partial charge on any atom is -0.404 e. The molecule has 0 saturated heterocycles. The van der Waals surface area contributed by atoms with E-state index in [1.807, 2.05) is 6.07 Å². The van der Waals surface area contributed by atoms with E-state index in [9.17, 15) is 18.0 Å². The van der Waals surface area contributed by atoms with Crippen LogP contribution in [0.4, 0.5) is 18.9 Å². The van der Waals surface area contributed by atoms with Crippen molar-refractivity contribution < 1.29 is 22.7 Å². The molecule has 2 aromatic carbocycles. The first-order valence-corrected chi connectivity index (χ1v) is 7.49. The molecule has 0 spiro atoms. The number of para-hydroxylation sites is 3. The molecule has 9 heteroatoms. The number of alkyl halides is 3. The van der Waals surface area contributed by atoms with Crippen molar-refractivity contribution in [3.63, 3.8) is 0 Å². The summed E-state index contributed by atoms with van der Waals surface area (Å²) >= 11 is 0. The number of nitrogens with one attached hydrogen (secondary N) is 1. The second kappa shape index (κ2) is 6.87. The fourth-order valence-electron chi connectivity index (χ4n) is 2.32. The van der Waals surface area contributed by atoms with E-state index in [0.717, 1.165) is 6.07 Å². The second-order valence-corrected chi connectivity index (χ2v) is 5.27. The van der Waals surface area contributed by atoms with Gasteiger partial charge in [0.15, 0.2) is 11.4 Å². The molecule has 6 nitrogen and oxygen atoms in total. The SMILES string of the molecule is Cc1c(C(=O)Nc2ccccc2OC(F)(F)F)nnn1-c1ccccc1. The molecule has 0 aliphatic heterocycles. The van der Waals surface area contributed by atoms with Crippen LogP contribution in [0, 0.1) is 6.92 Å². The first-order valence-electron chi connectivity index (χ1n) is 7.49. The van der Waals surface area contributed by atoms with Crippen molar-refractivity contribution in [1.29, 1.82) is 0 Å². The van der Waals surface area contributed by atoms with Crippen LogP contribution in [0.25, 0.3) is 5.69 Å². The second-order valence-electron chi connectivity index (χ2n) is 5.27. The zero-order valence-corrected chi connectivity index (χ0v) is 13.5. The van der Waals surface area contributed by atoms with Crippen molar-refractivity contribution in [2.45, 2.75) is 13.3 Å². The monoisotopic (exact) mass is 362 g/mol. The van der Waals surface area contributed by atoms with Gasteiger partial charge in [-0.1, -0.05) is 35.5 Å². The van der Waals surface area contributed by atoms with Gasteiger partial charge in [-0.15, -0.1) is 18.3 Å². The summed E-state index contributed by atoms with van der Waals surface area (Å²) in [6, 6.07) is 14.3. The van der Waals surface area contributed by atoms with Gasteiger partial charge in [0, 0.05) is 0 Å². The minimum absolute atomic E-state index is 0.00401. The number of carbonyl (C=O) groups excluding carboxylic acids is 1. The fourth-order valence-corrected chi connectivity index (χ4v) is 2.32. The smallest absolute Gasteiger partial charge is 0.404 e. The predicted molar refractivity (Wildman–Crippen MR) is 87.2 cm³/mol. The van der Waals surface area contributed by atoms with Crippen molar-refractivity contribution in [3.05, 3.63) is 66.0 Å². The summed E-state index contributed by atoms with van der Waals surface area (Å²) in [6.45, 7) is 1.64. The van der Waals surface area contributed by atoms with Crippen molar-refractivity contribution >= 4 is 11.6 Å². The molecule has 0 unspecified atom stereocenters. The third-order valence-electron chi connectivity index (χ3n) is 3.47. The topological polar surface area (TPSA) is 69.0 Å². The number of nitrogens with zero attached hydrogens (tertiary/aromatic N) is 3. The van der Waals surface area contributed by atoms with Crippen molar-refractivity contribution in [1.82, 2.24) is 15.0 Å². The first kappa shape index (κ1) is 17.5. The van der Waals surface area contributed by atoms with Crippen LogP contribution < -0.4 is 10.1 Å². The zero-order chi connectivity index (χ0) is 18.7. The Bertz CT molecular complexity index is 923. The molecule has 0 saturated carbocycles. The first-order chi connectivity index (χ1) is 12.3. The number of rotatable bonds is 4. The van der Waals surface area contributed by atoms with Gasteiger partial charge in [0.25, 0.3) is 5.91 Å². The third kappa shape index (κ3) is 3.82. The largest absolute Gasteiger partial charge is 0.573 e. The van der Waals surface area contributed by atoms with E-state index < -0.39 is 18.0 Å². The Morgan fingerprint density at radius 3 is 2.42 bits per heavy atom. The van der Waals surface area contributed by atoms with Crippen LogP contribution in [0.5, 0.6) is 5.75 Å². The van der Waals surface area contributed by atoms with E-state index >= 15 is 0 Å². The average molecular weight is 362 g/mol. The van der Waals surface area contributed by atoms with Gasteiger partial charge in [-0.3, -0.25) is 4.79 Å². The van der Waals surface area contributed by atoms with E-state index in [2.05, 4.69) is 20.4 Å². The number of amides is 1. The minimum atomic E-state index is -4.87. The van der Waals surface area contributed by atoms with E-state index in [-0.39, 0.29) is 11.4 Å². The highest BCUT2D eigenvalue weighted by Gasteiger charge is 2.32. The lowest BCUT2D eigenvalue weighted by molar-refractivity contribution is -0.274. The molecule has 0 atom stereocenters. The molecule has 3 rings (SSSR count). The maximum atomic E-state index is 12.5. The summed E-state index contributed by atoms with van der Waals surface area (Å²) in [7, 11) is 0. The van der Waals surface area contributed by atoms with Gasteiger partial charge >= 0.3 is 6.36 Å². The molecular weight excluding hydrogens is 349 g/mol. The molecule has 1 N–H and O–H groups in total. The van der Waals surface area contributed by atoms with Gasteiger partial charge in [0.2, 0.25) is 0 Å². The van der Waals surface area contributed by atoms with Crippen LogP contribution in [-0.4, -0.2) is 27.3 Å². The number of hydrogen-bond donors (Lipinski definition) is 1. The third-order valence-corrected chi connectivity index (χ3v) is 3.47. The highest BCUT2D eigenvalue weighted by molar-refractivity contribution is 6.04. The van der Waals surface area contributed by atoms with Gasteiger partial charge in [-0.25, -0.2) is 4.68 Å². The highest BCUT2D eigenvalue weighted by Crippen LogP contribution is 2.30.